The van der Waals surface area contributed by atoms with E-state index in [1.54, 1.807) is 6.20 Å². The van der Waals surface area contributed by atoms with Gasteiger partial charge in [0.2, 0.25) is 0 Å². The first-order chi connectivity index (χ1) is 8.24. The summed E-state index contributed by atoms with van der Waals surface area (Å²) in [6.07, 6.45) is 3.85. The van der Waals surface area contributed by atoms with Gasteiger partial charge >= 0.3 is 0 Å². The molecule has 0 aliphatic rings. The van der Waals surface area contributed by atoms with E-state index in [0.29, 0.717) is 16.1 Å². The molecule has 0 aliphatic carbocycles. The Balaban J connectivity index is 2.46. The Labute approximate surface area is 104 Å². The maximum Gasteiger partial charge on any atom is 0.141 e. The number of unbranched alkanes of at least 4 members (excludes halogenated alkanes) is 1. The number of fused-ring (bicyclic) bond motifs is 1. The Morgan fingerprint density at radius 3 is 3.06 bits per heavy atom. The topological polar surface area (TPSA) is 38.9 Å². The van der Waals surface area contributed by atoms with Crippen LogP contribution in [0, 0.1) is 5.82 Å². The van der Waals surface area contributed by atoms with Gasteiger partial charge in [-0.1, -0.05) is 13.3 Å². The van der Waals surface area contributed by atoms with Crippen molar-refractivity contribution in [2.75, 3.05) is 11.5 Å². The van der Waals surface area contributed by atoms with E-state index in [2.05, 4.69) is 11.9 Å². The van der Waals surface area contributed by atoms with Crippen molar-refractivity contribution >= 4 is 28.4 Å². The Morgan fingerprint density at radius 1 is 1.47 bits per heavy atom. The largest absolute Gasteiger partial charge is 0.398 e. The van der Waals surface area contributed by atoms with Crippen molar-refractivity contribution in [1.82, 2.24) is 4.98 Å². The summed E-state index contributed by atoms with van der Waals surface area (Å²) in [4.78, 5) is 4.85. The summed E-state index contributed by atoms with van der Waals surface area (Å²) < 4.78 is 13.9. The van der Waals surface area contributed by atoms with Gasteiger partial charge in [-0.3, -0.25) is 4.98 Å². The molecule has 0 unspecified atom stereocenters. The average molecular weight is 250 g/mol. The molecule has 0 saturated heterocycles. The number of hydrogen-bond acceptors (Lipinski definition) is 3. The van der Waals surface area contributed by atoms with E-state index in [1.807, 2.05) is 12.1 Å². The van der Waals surface area contributed by atoms with Crippen LogP contribution < -0.4 is 5.73 Å². The predicted molar refractivity (Wildman–Crippen MR) is 71.7 cm³/mol. The number of nitrogens with zero attached hydrogens (tertiary/aromatic N) is 1. The minimum atomic E-state index is -0.269. The van der Waals surface area contributed by atoms with Crippen LogP contribution in [0.25, 0.3) is 10.9 Å². The molecule has 2 nitrogen and oxygen atoms in total. The van der Waals surface area contributed by atoms with Crippen LogP contribution in [0.15, 0.2) is 29.3 Å². The molecule has 0 spiro atoms. The molecule has 2 aromatic rings. The van der Waals surface area contributed by atoms with Crippen molar-refractivity contribution in [3.8, 4) is 0 Å². The smallest absolute Gasteiger partial charge is 0.141 e. The molecule has 0 radical (unpaired) electrons. The molecule has 2 rings (SSSR count). The minimum Gasteiger partial charge on any atom is -0.398 e. The van der Waals surface area contributed by atoms with E-state index >= 15 is 0 Å². The minimum absolute atomic E-state index is 0.269. The summed E-state index contributed by atoms with van der Waals surface area (Å²) in [6, 6.07) is 5.08. The zero-order valence-corrected chi connectivity index (χ0v) is 10.6. The number of halogens is 1. The van der Waals surface area contributed by atoms with Gasteiger partial charge in [0.25, 0.3) is 0 Å². The number of nitrogens with two attached hydrogens (primary N) is 1. The molecule has 0 amide bonds. The van der Waals surface area contributed by atoms with E-state index in [9.17, 15) is 4.39 Å². The van der Waals surface area contributed by atoms with Crippen molar-refractivity contribution in [3.05, 3.63) is 30.2 Å². The number of thioether (sulfide) groups is 1. The molecule has 17 heavy (non-hydrogen) atoms. The summed E-state index contributed by atoms with van der Waals surface area (Å²) in [7, 11) is 0. The summed E-state index contributed by atoms with van der Waals surface area (Å²) in [5.74, 6) is 0.637. The van der Waals surface area contributed by atoms with Gasteiger partial charge in [-0.15, -0.1) is 11.8 Å². The van der Waals surface area contributed by atoms with Crippen LogP contribution in [-0.2, 0) is 0 Å². The van der Waals surface area contributed by atoms with Crippen molar-refractivity contribution in [2.45, 2.75) is 24.7 Å². The number of rotatable bonds is 4. The quantitative estimate of drug-likeness (QED) is 0.509. The van der Waals surface area contributed by atoms with Crippen LogP contribution >= 0.6 is 11.8 Å². The lowest BCUT2D eigenvalue weighted by Gasteiger charge is -2.08. The number of hydrogen-bond donors (Lipinski definition) is 1. The molecular weight excluding hydrogens is 235 g/mol. The van der Waals surface area contributed by atoms with E-state index in [-0.39, 0.29) is 5.82 Å². The van der Waals surface area contributed by atoms with E-state index in [0.717, 1.165) is 24.0 Å². The van der Waals surface area contributed by atoms with Crippen LogP contribution in [0.4, 0.5) is 10.1 Å². The highest BCUT2D eigenvalue weighted by molar-refractivity contribution is 7.99. The molecule has 1 aromatic carbocycles. The lowest BCUT2D eigenvalue weighted by Crippen LogP contribution is -1.94. The zero-order chi connectivity index (χ0) is 12.3. The number of pyridine rings is 1. The SMILES string of the molecule is CCCCSc1c(F)cc(N)c2cccnc12. The predicted octanol–water partition coefficient (Wildman–Crippen LogP) is 3.85. The second kappa shape index (κ2) is 5.36. The summed E-state index contributed by atoms with van der Waals surface area (Å²) in [5, 5.41) is 0.827. The fraction of sp³-hybridized carbons (Fsp3) is 0.308. The third-order valence-electron chi connectivity index (χ3n) is 2.58. The fourth-order valence-corrected chi connectivity index (χ4v) is 2.80. The highest BCUT2D eigenvalue weighted by Gasteiger charge is 2.11. The molecule has 1 heterocycles. The Kier molecular flexibility index (Phi) is 3.84. The van der Waals surface area contributed by atoms with E-state index < -0.39 is 0 Å². The first-order valence-electron chi connectivity index (χ1n) is 5.69. The van der Waals surface area contributed by atoms with Gasteiger partial charge in [-0.2, -0.15) is 0 Å². The lowest BCUT2D eigenvalue weighted by molar-refractivity contribution is 0.605. The maximum absolute atomic E-state index is 13.9. The highest BCUT2D eigenvalue weighted by atomic mass is 32.2. The molecule has 4 heteroatoms. The Hall–Kier alpha value is -1.29. The van der Waals surface area contributed by atoms with Crippen molar-refractivity contribution in [3.63, 3.8) is 0 Å². The standard InChI is InChI=1S/C13H15FN2S/c1-2-3-7-17-13-10(14)8-11(15)9-5-4-6-16-12(9)13/h4-6,8H,2-3,7,15H2,1H3. The molecule has 90 valence electrons. The van der Waals surface area contributed by atoms with Gasteiger partial charge in [-0.25, -0.2) is 4.39 Å². The normalized spacial score (nSPS) is 10.9. The second-order valence-electron chi connectivity index (χ2n) is 3.88. The van der Waals surface area contributed by atoms with E-state index in [1.165, 1.54) is 17.8 Å². The molecule has 0 saturated carbocycles. The van der Waals surface area contributed by atoms with Gasteiger partial charge in [0.1, 0.15) is 5.82 Å². The molecule has 2 N–H and O–H groups in total. The first kappa shape index (κ1) is 12.2. The maximum atomic E-state index is 13.9. The molecule has 0 aliphatic heterocycles. The number of nitrogen functional groups attached to an aromatic ring is 1. The number of aromatic nitrogens is 1. The average Bonchev–Trinajstić information content (AvgIpc) is 2.33. The highest BCUT2D eigenvalue weighted by Crippen LogP contribution is 2.33. The van der Waals surface area contributed by atoms with Gasteiger partial charge < -0.3 is 5.73 Å². The van der Waals surface area contributed by atoms with Crippen LogP contribution in [-0.4, -0.2) is 10.7 Å². The summed E-state index contributed by atoms with van der Waals surface area (Å²) in [5.41, 5.74) is 6.91. The van der Waals surface area contributed by atoms with Gasteiger partial charge in [0.05, 0.1) is 10.4 Å². The van der Waals surface area contributed by atoms with Gasteiger partial charge in [0.15, 0.2) is 0 Å². The van der Waals surface area contributed by atoms with Crippen LogP contribution in [0.1, 0.15) is 19.8 Å². The number of anilines is 1. The molecular formula is C13H15FN2S. The third kappa shape index (κ3) is 2.52. The monoisotopic (exact) mass is 250 g/mol. The second-order valence-corrected chi connectivity index (χ2v) is 4.98. The van der Waals surface area contributed by atoms with Gasteiger partial charge in [-0.05, 0) is 30.4 Å². The van der Waals surface area contributed by atoms with Crippen molar-refractivity contribution in [2.24, 2.45) is 0 Å². The van der Waals surface area contributed by atoms with Crippen LogP contribution in [0.3, 0.4) is 0 Å². The van der Waals surface area contributed by atoms with Crippen LogP contribution in [0.2, 0.25) is 0 Å². The van der Waals surface area contributed by atoms with Gasteiger partial charge in [0, 0.05) is 17.3 Å². The first-order valence-corrected chi connectivity index (χ1v) is 6.68. The zero-order valence-electron chi connectivity index (χ0n) is 9.74. The lowest BCUT2D eigenvalue weighted by atomic mass is 10.2. The summed E-state index contributed by atoms with van der Waals surface area (Å²) >= 11 is 1.52. The van der Waals surface area contributed by atoms with Crippen molar-refractivity contribution in [1.29, 1.82) is 0 Å². The third-order valence-corrected chi connectivity index (χ3v) is 3.75. The molecule has 0 fully saturated rings. The fourth-order valence-electron chi connectivity index (χ4n) is 1.67. The summed E-state index contributed by atoms with van der Waals surface area (Å²) in [6.45, 7) is 2.12. The van der Waals surface area contributed by atoms with Crippen molar-refractivity contribution < 1.29 is 4.39 Å². The Morgan fingerprint density at radius 2 is 2.29 bits per heavy atom. The molecule has 1 aromatic heterocycles. The van der Waals surface area contributed by atoms with Crippen LogP contribution in [0.5, 0.6) is 0 Å². The number of benzene rings is 1. The molecule has 0 bridgehead atoms. The Bertz CT molecular complexity index is 528. The molecule has 0 atom stereocenters. The van der Waals surface area contributed by atoms with E-state index in [4.69, 9.17) is 5.73 Å².